The fraction of sp³-hybridized carbons (Fsp3) is 0.692. The minimum atomic E-state index is -0.173. The van der Waals surface area contributed by atoms with Gasteiger partial charge in [0.25, 0.3) is 0 Å². The van der Waals surface area contributed by atoms with E-state index in [-0.39, 0.29) is 12.1 Å². The summed E-state index contributed by atoms with van der Waals surface area (Å²) in [5, 5.41) is 13.4. The van der Waals surface area contributed by atoms with Crippen LogP contribution in [0.3, 0.4) is 0 Å². The maximum atomic E-state index is 9.86. The van der Waals surface area contributed by atoms with Gasteiger partial charge in [-0.2, -0.15) is 0 Å². The minimum absolute atomic E-state index is 0.173. The molecule has 0 amide bonds. The highest BCUT2D eigenvalue weighted by Crippen LogP contribution is 2.19. The second-order valence-electron chi connectivity index (χ2n) is 4.81. The van der Waals surface area contributed by atoms with E-state index in [9.17, 15) is 5.11 Å². The van der Waals surface area contributed by atoms with E-state index in [4.69, 9.17) is 4.42 Å². The Balaban J connectivity index is 1.79. The minimum Gasteiger partial charge on any atom is -0.469 e. The Labute approximate surface area is 96.8 Å². The van der Waals surface area contributed by atoms with Crippen molar-refractivity contribution in [3.05, 3.63) is 24.2 Å². The first-order valence-corrected chi connectivity index (χ1v) is 6.22. The summed E-state index contributed by atoms with van der Waals surface area (Å²) in [5.41, 5.74) is 0. The molecule has 1 aliphatic rings. The summed E-state index contributed by atoms with van der Waals surface area (Å²) in [4.78, 5) is 0. The highest BCUT2D eigenvalue weighted by atomic mass is 16.3. The molecule has 2 N–H and O–H groups in total. The summed E-state index contributed by atoms with van der Waals surface area (Å²) in [6.45, 7) is 2.14. The molecular weight excluding hydrogens is 202 g/mol. The van der Waals surface area contributed by atoms with Crippen LogP contribution in [0.15, 0.2) is 22.8 Å². The molecule has 1 heterocycles. The van der Waals surface area contributed by atoms with E-state index in [0.29, 0.717) is 6.04 Å². The molecule has 0 aromatic carbocycles. The topological polar surface area (TPSA) is 45.4 Å². The number of nitrogens with one attached hydrogen (secondary N) is 1. The Morgan fingerprint density at radius 1 is 1.50 bits per heavy atom. The van der Waals surface area contributed by atoms with Crippen molar-refractivity contribution in [2.24, 2.45) is 0 Å². The highest BCUT2D eigenvalue weighted by molar-refractivity contribution is 5.00. The van der Waals surface area contributed by atoms with Crippen LogP contribution in [0.25, 0.3) is 0 Å². The Morgan fingerprint density at radius 3 is 3.00 bits per heavy atom. The van der Waals surface area contributed by atoms with Crippen molar-refractivity contribution in [2.75, 3.05) is 0 Å². The third-order valence-electron chi connectivity index (χ3n) is 3.32. The molecule has 1 aliphatic carbocycles. The smallest absolute Gasteiger partial charge is 0.105 e. The van der Waals surface area contributed by atoms with Crippen LogP contribution in [0.1, 0.15) is 38.4 Å². The summed E-state index contributed by atoms with van der Waals surface area (Å²) < 4.78 is 5.32. The van der Waals surface area contributed by atoms with E-state index in [0.717, 1.165) is 31.4 Å². The molecule has 0 bridgehead atoms. The van der Waals surface area contributed by atoms with Crippen molar-refractivity contribution in [1.29, 1.82) is 0 Å². The van der Waals surface area contributed by atoms with E-state index in [1.165, 1.54) is 6.42 Å². The van der Waals surface area contributed by atoms with Gasteiger partial charge in [0, 0.05) is 18.5 Å². The summed E-state index contributed by atoms with van der Waals surface area (Å²) in [6, 6.07) is 4.52. The van der Waals surface area contributed by atoms with Crippen LogP contribution >= 0.6 is 0 Å². The molecule has 0 radical (unpaired) electrons. The Hall–Kier alpha value is -0.800. The predicted molar refractivity (Wildman–Crippen MR) is 63.3 cm³/mol. The Morgan fingerprint density at radius 2 is 2.31 bits per heavy atom. The SMILES string of the molecule is CC(Cc1ccco1)N[C@H]1CCCC[C@@H]1O. The summed E-state index contributed by atoms with van der Waals surface area (Å²) in [6.07, 6.45) is 6.82. The van der Waals surface area contributed by atoms with Gasteiger partial charge in [-0.25, -0.2) is 0 Å². The second kappa shape index (κ2) is 5.51. The fourth-order valence-corrected chi connectivity index (χ4v) is 2.46. The van der Waals surface area contributed by atoms with E-state index < -0.39 is 0 Å². The van der Waals surface area contributed by atoms with Crippen LogP contribution < -0.4 is 5.32 Å². The summed E-state index contributed by atoms with van der Waals surface area (Å²) >= 11 is 0. The summed E-state index contributed by atoms with van der Waals surface area (Å²) in [7, 11) is 0. The van der Waals surface area contributed by atoms with Crippen LogP contribution in [0, 0.1) is 0 Å². The monoisotopic (exact) mass is 223 g/mol. The first-order chi connectivity index (χ1) is 7.75. The van der Waals surface area contributed by atoms with Crippen LogP contribution in [0.5, 0.6) is 0 Å². The lowest BCUT2D eigenvalue weighted by atomic mass is 9.92. The number of furan rings is 1. The number of aliphatic hydroxyl groups excluding tert-OH is 1. The first kappa shape index (κ1) is 11.7. The van der Waals surface area contributed by atoms with Crippen LogP contribution in [0.4, 0.5) is 0 Å². The van der Waals surface area contributed by atoms with Gasteiger partial charge < -0.3 is 14.8 Å². The zero-order valence-corrected chi connectivity index (χ0v) is 9.86. The lowest BCUT2D eigenvalue weighted by Crippen LogP contribution is -2.46. The number of hydrogen-bond acceptors (Lipinski definition) is 3. The van der Waals surface area contributed by atoms with Crippen molar-refractivity contribution in [1.82, 2.24) is 5.32 Å². The molecule has 0 aliphatic heterocycles. The maximum Gasteiger partial charge on any atom is 0.105 e. The number of rotatable bonds is 4. The van der Waals surface area contributed by atoms with Crippen molar-refractivity contribution in [3.8, 4) is 0 Å². The van der Waals surface area contributed by atoms with Crippen molar-refractivity contribution >= 4 is 0 Å². The van der Waals surface area contributed by atoms with Gasteiger partial charge in [-0.05, 0) is 31.9 Å². The van der Waals surface area contributed by atoms with Crippen LogP contribution in [-0.2, 0) is 6.42 Å². The lowest BCUT2D eigenvalue weighted by Gasteiger charge is -2.31. The molecule has 3 nitrogen and oxygen atoms in total. The fourth-order valence-electron chi connectivity index (χ4n) is 2.46. The molecule has 1 aromatic heterocycles. The zero-order chi connectivity index (χ0) is 11.4. The Kier molecular flexibility index (Phi) is 4.02. The van der Waals surface area contributed by atoms with Crippen molar-refractivity contribution in [2.45, 2.75) is 57.2 Å². The Bertz CT molecular complexity index is 297. The summed E-state index contributed by atoms with van der Waals surface area (Å²) in [5.74, 6) is 1.00. The molecule has 3 atom stereocenters. The van der Waals surface area contributed by atoms with Crippen LogP contribution in [0.2, 0.25) is 0 Å². The standard InChI is InChI=1S/C13H21NO2/c1-10(9-11-5-4-8-16-11)14-12-6-2-3-7-13(12)15/h4-5,8,10,12-15H,2-3,6-7,9H2,1H3/t10?,12-,13-/m0/s1. The first-order valence-electron chi connectivity index (χ1n) is 6.22. The molecule has 3 heteroatoms. The second-order valence-corrected chi connectivity index (χ2v) is 4.81. The average molecular weight is 223 g/mol. The highest BCUT2D eigenvalue weighted by Gasteiger charge is 2.24. The molecular formula is C13H21NO2. The van der Waals surface area contributed by atoms with Gasteiger partial charge in [-0.15, -0.1) is 0 Å². The van der Waals surface area contributed by atoms with Gasteiger partial charge >= 0.3 is 0 Å². The van der Waals surface area contributed by atoms with Crippen molar-refractivity contribution < 1.29 is 9.52 Å². The van der Waals surface area contributed by atoms with E-state index in [1.54, 1.807) is 6.26 Å². The molecule has 2 rings (SSSR count). The number of aliphatic hydroxyl groups is 1. The van der Waals surface area contributed by atoms with Gasteiger partial charge in [0.1, 0.15) is 5.76 Å². The lowest BCUT2D eigenvalue weighted by molar-refractivity contribution is 0.0856. The molecule has 0 spiro atoms. The third-order valence-corrected chi connectivity index (χ3v) is 3.32. The van der Waals surface area contributed by atoms with Crippen LogP contribution in [-0.4, -0.2) is 23.3 Å². The van der Waals surface area contributed by atoms with Gasteiger partial charge in [0.15, 0.2) is 0 Å². The molecule has 1 unspecified atom stereocenters. The van der Waals surface area contributed by atoms with Gasteiger partial charge in [-0.1, -0.05) is 12.8 Å². The molecule has 0 saturated heterocycles. The molecule has 90 valence electrons. The number of hydrogen-bond donors (Lipinski definition) is 2. The van der Waals surface area contributed by atoms with E-state index in [2.05, 4.69) is 12.2 Å². The predicted octanol–water partition coefficient (Wildman–Crippen LogP) is 2.10. The molecule has 16 heavy (non-hydrogen) atoms. The van der Waals surface area contributed by atoms with Gasteiger partial charge in [0.2, 0.25) is 0 Å². The van der Waals surface area contributed by atoms with E-state index >= 15 is 0 Å². The quantitative estimate of drug-likeness (QED) is 0.821. The largest absolute Gasteiger partial charge is 0.469 e. The normalized spacial score (nSPS) is 27.9. The van der Waals surface area contributed by atoms with Gasteiger partial charge in [-0.3, -0.25) is 0 Å². The van der Waals surface area contributed by atoms with E-state index in [1.807, 2.05) is 12.1 Å². The molecule has 1 aromatic rings. The zero-order valence-electron chi connectivity index (χ0n) is 9.86. The van der Waals surface area contributed by atoms with Gasteiger partial charge in [0.05, 0.1) is 12.4 Å². The van der Waals surface area contributed by atoms with Crippen molar-refractivity contribution in [3.63, 3.8) is 0 Å². The molecule has 1 saturated carbocycles. The maximum absolute atomic E-state index is 9.86. The third kappa shape index (κ3) is 3.09. The average Bonchev–Trinajstić information content (AvgIpc) is 2.74. The molecule has 1 fully saturated rings.